The molecule has 0 aliphatic heterocycles. The van der Waals surface area contributed by atoms with Crippen molar-refractivity contribution in [1.29, 1.82) is 0 Å². The smallest absolute Gasteiger partial charge is 0.0991 e. The first-order chi connectivity index (χ1) is 11.6. The van der Waals surface area contributed by atoms with Crippen molar-refractivity contribution in [3.8, 4) is 5.69 Å². The molecule has 4 heteroatoms. The minimum absolute atomic E-state index is 0. The van der Waals surface area contributed by atoms with Crippen molar-refractivity contribution in [2.45, 2.75) is 20.8 Å². The Labute approximate surface area is 154 Å². The highest BCUT2D eigenvalue weighted by molar-refractivity contribution is 5.85. The number of aryl methyl sites for hydroxylation is 3. The average molecular weight is 352 g/mol. The van der Waals surface area contributed by atoms with E-state index in [1.165, 1.54) is 27.8 Å². The van der Waals surface area contributed by atoms with Crippen molar-refractivity contribution in [2.75, 3.05) is 0 Å². The van der Waals surface area contributed by atoms with Crippen LogP contribution in [-0.2, 0) is 0 Å². The Kier molecular flexibility index (Phi) is 6.31. The Morgan fingerprint density at radius 1 is 0.840 bits per heavy atom. The lowest BCUT2D eigenvalue weighted by molar-refractivity contribution is 1.02. The van der Waals surface area contributed by atoms with Gasteiger partial charge in [-0.2, -0.15) is 0 Å². The summed E-state index contributed by atoms with van der Waals surface area (Å²) in [5.74, 6) is 0. The van der Waals surface area contributed by atoms with E-state index in [1.807, 2.05) is 43.0 Å². The van der Waals surface area contributed by atoms with Gasteiger partial charge in [0, 0.05) is 24.0 Å². The molecule has 128 valence electrons. The lowest BCUT2D eigenvalue weighted by Crippen LogP contribution is -1.98. The fourth-order valence-corrected chi connectivity index (χ4v) is 2.99. The summed E-state index contributed by atoms with van der Waals surface area (Å²) in [6.45, 7) is 6.39. The molecule has 4 rings (SSSR count). The molecule has 0 saturated heterocycles. The van der Waals surface area contributed by atoms with Gasteiger partial charge in [0.1, 0.15) is 0 Å². The number of fused-ring (bicyclic) bond motifs is 1. The zero-order valence-electron chi connectivity index (χ0n) is 14.7. The van der Waals surface area contributed by atoms with E-state index in [4.69, 9.17) is 0 Å². The van der Waals surface area contributed by atoms with Gasteiger partial charge in [-0.3, -0.25) is 4.98 Å². The molecule has 25 heavy (non-hydrogen) atoms. The predicted octanol–water partition coefficient (Wildman–Crippen LogP) is 5.45. The Balaban J connectivity index is 0.000000182. The number of nitrogens with zero attached hydrogens (tertiary/aromatic N) is 3. The van der Waals surface area contributed by atoms with E-state index in [1.54, 1.807) is 6.20 Å². The molecule has 2 aromatic heterocycles. The molecule has 0 fully saturated rings. The number of para-hydroxylation sites is 1. The number of halogens is 1. The molecule has 3 nitrogen and oxygen atoms in total. The molecule has 0 aliphatic carbocycles. The summed E-state index contributed by atoms with van der Waals surface area (Å²) >= 11 is 0. The number of imidazole rings is 1. The monoisotopic (exact) mass is 351 g/mol. The lowest BCUT2D eigenvalue weighted by Gasteiger charge is -2.11. The van der Waals surface area contributed by atoms with Gasteiger partial charge in [-0.25, -0.2) is 4.98 Å². The van der Waals surface area contributed by atoms with Gasteiger partial charge < -0.3 is 4.57 Å². The second kappa shape index (κ2) is 8.45. The number of hydrogen-bond donors (Lipinski definition) is 0. The molecule has 0 amide bonds. The molecule has 4 aromatic rings. The zero-order valence-corrected chi connectivity index (χ0v) is 15.5. The topological polar surface area (TPSA) is 30.7 Å². The van der Waals surface area contributed by atoms with Crippen molar-refractivity contribution in [1.82, 2.24) is 14.5 Å². The Bertz CT molecular complexity index is 858. The van der Waals surface area contributed by atoms with Crippen molar-refractivity contribution in [2.24, 2.45) is 0 Å². The van der Waals surface area contributed by atoms with Gasteiger partial charge in [-0.05, 0) is 44.0 Å². The Morgan fingerprint density at radius 2 is 1.52 bits per heavy atom. The summed E-state index contributed by atoms with van der Waals surface area (Å²) in [5.41, 5.74) is 6.20. The van der Waals surface area contributed by atoms with Gasteiger partial charge in [0.2, 0.25) is 0 Å². The van der Waals surface area contributed by atoms with Gasteiger partial charge in [0.15, 0.2) is 0 Å². The van der Waals surface area contributed by atoms with Crippen molar-refractivity contribution in [3.63, 3.8) is 0 Å². The molecule has 2 heterocycles. The van der Waals surface area contributed by atoms with Gasteiger partial charge in [-0.15, -0.1) is 12.4 Å². The maximum absolute atomic E-state index is 4.18. The highest BCUT2D eigenvalue weighted by Gasteiger charge is 2.04. The SMILES string of the molecule is Cc1cc(C)c(-n2ccnc2)c(C)c1.Cl.c1ccc2ncccc2c1. The molecule has 2 aromatic carbocycles. The van der Waals surface area contributed by atoms with E-state index in [-0.39, 0.29) is 12.4 Å². The Hall–Kier alpha value is -2.65. The van der Waals surface area contributed by atoms with Crippen LogP contribution in [0, 0.1) is 20.8 Å². The van der Waals surface area contributed by atoms with Crippen LogP contribution in [0.5, 0.6) is 0 Å². The third-order valence-electron chi connectivity index (χ3n) is 3.91. The summed E-state index contributed by atoms with van der Waals surface area (Å²) in [6.07, 6.45) is 7.43. The molecule has 0 bridgehead atoms. The van der Waals surface area contributed by atoms with Crippen LogP contribution in [0.2, 0.25) is 0 Å². The minimum atomic E-state index is 0. The fraction of sp³-hybridized carbons (Fsp3) is 0.143. The molecule has 0 unspecified atom stereocenters. The van der Waals surface area contributed by atoms with E-state index in [2.05, 4.69) is 59.6 Å². The first kappa shape index (κ1) is 18.7. The quantitative estimate of drug-likeness (QED) is 0.456. The molecule has 0 radical (unpaired) electrons. The van der Waals surface area contributed by atoms with Crippen molar-refractivity contribution >= 4 is 23.3 Å². The normalized spacial score (nSPS) is 9.88. The summed E-state index contributed by atoms with van der Waals surface area (Å²) in [6, 6.07) is 16.5. The molecule has 0 atom stereocenters. The van der Waals surface area contributed by atoms with Crippen LogP contribution in [0.15, 0.2) is 73.4 Å². The van der Waals surface area contributed by atoms with Crippen LogP contribution >= 0.6 is 12.4 Å². The third-order valence-corrected chi connectivity index (χ3v) is 3.91. The zero-order chi connectivity index (χ0) is 16.9. The van der Waals surface area contributed by atoms with Crippen LogP contribution in [0.1, 0.15) is 16.7 Å². The molecular weight excluding hydrogens is 330 g/mol. The van der Waals surface area contributed by atoms with Crippen LogP contribution in [0.4, 0.5) is 0 Å². The molecular formula is C21H22ClN3. The summed E-state index contributed by atoms with van der Waals surface area (Å²) in [4.78, 5) is 8.25. The second-order valence-electron chi connectivity index (χ2n) is 5.91. The van der Waals surface area contributed by atoms with E-state index in [9.17, 15) is 0 Å². The van der Waals surface area contributed by atoms with Crippen molar-refractivity contribution in [3.05, 3.63) is 90.1 Å². The van der Waals surface area contributed by atoms with E-state index in [0.717, 1.165) is 5.52 Å². The number of pyridine rings is 1. The van der Waals surface area contributed by atoms with Gasteiger partial charge in [0.25, 0.3) is 0 Å². The van der Waals surface area contributed by atoms with E-state index >= 15 is 0 Å². The number of benzene rings is 2. The Morgan fingerprint density at radius 3 is 2.16 bits per heavy atom. The van der Waals surface area contributed by atoms with Gasteiger partial charge in [0.05, 0.1) is 17.5 Å². The highest BCUT2D eigenvalue weighted by Crippen LogP contribution is 2.20. The molecule has 0 saturated carbocycles. The number of hydrogen-bond acceptors (Lipinski definition) is 2. The predicted molar refractivity (Wildman–Crippen MR) is 107 cm³/mol. The minimum Gasteiger partial charge on any atom is -0.306 e. The average Bonchev–Trinajstić information content (AvgIpc) is 3.09. The highest BCUT2D eigenvalue weighted by atomic mass is 35.5. The van der Waals surface area contributed by atoms with Crippen LogP contribution < -0.4 is 0 Å². The standard InChI is InChI=1S/C12H14N2.C9H7N.ClH/c1-9-6-10(2)12(11(3)7-9)14-5-4-13-8-14;1-2-6-9-8(4-1)5-3-7-10-9;/h4-8H,1-3H3;1-7H;1H. The molecule has 0 aliphatic rings. The van der Waals surface area contributed by atoms with Crippen LogP contribution in [0.25, 0.3) is 16.6 Å². The maximum Gasteiger partial charge on any atom is 0.0991 e. The third kappa shape index (κ3) is 4.46. The first-order valence-corrected chi connectivity index (χ1v) is 8.01. The lowest BCUT2D eigenvalue weighted by atomic mass is 10.1. The number of rotatable bonds is 1. The second-order valence-corrected chi connectivity index (χ2v) is 5.91. The molecule has 0 spiro atoms. The largest absolute Gasteiger partial charge is 0.306 e. The summed E-state index contributed by atoms with van der Waals surface area (Å²) in [7, 11) is 0. The van der Waals surface area contributed by atoms with Gasteiger partial charge in [-0.1, -0.05) is 42.0 Å². The van der Waals surface area contributed by atoms with Crippen LogP contribution in [-0.4, -0.2) is 14.5 Å². The first-order valence-electron chi connectivity index (χ1n) is 8.01. The molecule has 0 N–H and O–H groups in total. The van der Waals surface area contributed by atoms with Crippen molar-refractivity contribution < 1.29 is 0 Å². The fourth-order valence-electron chi connectivity index (χ4n) is 2.99. The van der Waals surface area contributed by atoms with E-state index < -0.39 is 0 Å². The van der Waals surface area contributed by atoms with Crippen LogP contribution in [0.3, 0.4) is 0 Å². The van der Waals surface area contributed by atoms with Gasteiger partial charge >= 0.3 is 0 Å². The summed E-state index contributed by atoms with van der Waals surface area (Å²) < 4.78 is 2.06. The van der Waals surface area contributed by atoms with E-state index in [0.29, 0.717) is 0 Å². The maximum atomic E-state index is 4.18. The summed E-state index contributed by atoms with van der Waals surface area (Å²) in [5, 5.41) is 1.20. The number of aromatic nitrogens is 3.